The summed E-state index contributed by atoms with van der Waals surface area (Å²) in [4.78, 5) is 4.40. The molecule has 0 fully saturated rings. The van der Waals surface area contributed by atoms with Gasteiger partial charge in [0.05, 0.1) is 17.8 Å². The number of methoxy groups -OCH3 is 1. The van der Waals surface area contributed by atoms with E-state index in [0.29, 0.717) is 0 Å². The second kappa shape index (κ2) is 4.29. The Morgan fingerprint density at radius 1 is 1.25 bits per heavy atom. The van der Waals surface area contributed by atoms with Gasteiger partial charge in [-0.25, -0.2) is 4.98 Å². The Bertz CT molecular complexity index is 500. The topological polar surface area (TPSA) is 27.1 Å². The summed E-state index contributed by atoms with van der Waals surface area (Å²) in [7, 11) is 1.63. The summed E-state index contributed by atoms with van der Waals surface area (Å²) >= 11 is 3.51. The van der Waals surface area contributed by atoms with Gasteiger partial charge in [0.1, 0.15) is 5.75 Å². The van der Waals surface area contributed by atoms with Gasteiger partial charge in [-0.3, -0.25) is 0 Å². The van der Waals surface area contributed by atoms with Crippen LogP contribution in [0.3, 0.4) is 0 Å². The predicted molar refractivity (Wildman–Crippen MR) is 67.3 cm³/mol. The number of hydrogen-bond acceptors (Lipinski definition) is 2. The molecule has 0 spiro atoms. The lowest BCUT2D eigenvalue weighted by molar-refractivity contribution is 0.412. The fourth-order valence-corrected chi connectivity index (χ4v) is 2.20. The first kappa shape index (κ1) is 11.2. The molecule has 0 aliphatic carbocycles. The Balaban J connectivity index is 2.57. The zero-order valence-corrected chi connectivity index (χ0v) is 11.1. The van der Waals surface area contributed by atoms with E-state index in [2.05, 4.69) is 51.5 Å². The molecule has 3 nitrogen and oxygen atoms in total. The van der Waals surface area contributed by atoms with Crippen molar-refractivity contribution in [3.63, 3.8) is 0 Å². The van der Waals surface area contributed by atoms with Crippen LogP contribution in [0.25, 0.3) is 5.82 Å². The normalized spacial score (nSPS) is 10.5. The number of rotatable bonds is 2. The summed E-state index contributed by atoms with van der Waals surface area (Å²) in [6.45, 7) is 4.12. The minimum Gasteiger partial charge on any atom is -0.495 e. The van der Waals surface area contributed by atoms with E-state index in [1.807, 2.05) is 6.07 Å². The first-order valence-corrected chi connectivity index (χ1v) is 5.77. The molecule has 0 unspecified atom stereocenters. The lowest BCUT2D eigenvalue weighted by Gasteiger charge is -2.11. The molecule has 0 radical (unpaired) electrons. The highest BCUT2D eigenvalue weighted by molar-refractivity contribution is 9.10. The first-order chi connectivity index (χ1) is 7.63. The number of pyridine rings is 1. The van der Waals surface area contributed by atoms with Crippen LogP contribution in [-0.4, -0.2) is 16.7 Å². The van der Waals surface area contributed by atoms with Crippen molar-refractivity contribution in [3.05, 3.63) is 40.3 Å². The van der Waals surface area contributed by atoms with Crippen molar-refractivity contribution < 1.29 is 4.74 Å². The van der Waals surface area contributed by atoms with E-state index in [4.69, 9.17) is 4.74 Å². The number of hydrogen-bond donors (Lipinski definition) is 0. The van der Waals surface area contributed by atoms with Gasteiger partial charge in [-0.2, -0.15) is 0 Å². The lowest BCUT2D eigenvalue weighted by atomic mass is 10.4. The van der Waals surface area contributed by atoms with Gasteiger partial charge in [-0.1, -0.05) is 0 Å². The van der Waals surface area contributed by atoms with Gasteiger partial charge in [-0.05, 0) is 48.0 Å². The Kier molecular flexibility index (Phi) is 3.01. The molecule has 2 rings (SSSR count). The maximum absolute atomic E-state index is 5.13. The van der Waals surface area contributed by atoms with Crippen LogP contribution < -0.4 is 4.74 Å². The third-order valence-electron chi connectivity index (χ3n) is 2.52. The van der Waals surface area contributed by atoms with Gasteiger partial charge in [0, 0.05) is 11.4 Å². The van der Waals surface area contributed by atoms with E-state index in [0.717, 1.165) is 27.4 Å². The highest BCUT2D eigenvalue weighted by atomic mass is 79.9. The molecular weight excluding hydrogens is 268 g/mol. The van der Waals surface area contributed by atoms with Gasteiger partial charge >= 0.3 is 0 Å². The minimum absolute atomic E-state index is 0.748. The fourth-order valence-electron chi connectivity index (χ4n) is 1.69. The predicted octanol–water partition coefficient (Wildman–Crippen LogP) is 3.26. The van der Waals surface area contributed by atoms with Crippen molar-refractivity contribution in [3.8, 4) is 11.6 Å². The quantitative estimate of drug-likeness (QED) is 0.844. The van der Waals surface area contributed by atoms with Crippen molar-refractivity contribution in [2.75, 3.05) is 7.11 Å². The van der Waals surface area contributed by atoms with Gasteiger partial charge < -0.3 is 9.30 Å². The third kappa shape index (κ3) is 1.85. The maximum atomic E-state index is 5.13. The van der Waals surface area contributed by atoms with Gasteiger partial charge in [0.15, 0.2) is 5.82 Å². The van der Waals surface area contributed by atoms with Crippen LogP contribution in [0.5, 0.6) is 5.75 Å². The standard InChI is InChI=1S/C12H13BrN2O/c1-8-4-5-9(2)15(8)12-11(13)6-10(16-3)7-14-12/h4-7H,1-3H3. The largest absolute Gasteiger partial charge is 0.495 e. The summed E-state index contributed by atoms with van der Waals surface area (Å²) in [5.41, 5.74) is 2.33. The maximum Gasteiger partial charge on any atom is 0.151 e. The first-order valence-electron chi connectivity index (χ1n) is 4.98. The van der Waals surface area contributed by atoms with Crippen molar-refractivity contribution in [1.82, 2.24) is 9.55 Å². The van der Waals surface area contributed by atoms with E-state index < -0.39 is 0 Å². The summed E-state index contributed by atoms with van der Waals surface area (Å²) in [5, 5.41) is 0. The van der Waals surface area contributed by atoms with E-state index in [9.17, 15) is 0 Å². The molecule has 0 aromatic carbocycles. The summed E-state index contributed by atoms with van der Waals surface area (Å²) in [6.07, 6.45) is 1.72. The average molecular weight is 281 g/mol. The molecule has 0 amide bonds. The number of halogens is 1. The second-order valence-electron chi connectivity index (χ2n) is 3.63. The molecule has 84 valence electrons. The van der Waals surface area contributed by atoms with E-state index in [1.54, 1.807) is 13.3 Å². The van der Waals surface area contributed by atoms with Crippen LogP contribution in [0, 0.1) is 13.8 Å². The van der Waals surface area contributed by atoms with Crippen molar-refractivity contribution in [2.24, 2.45) is 0 Å². The number of aryl methyl sites for hydroxylation is 2. The lowest BCUT2D eigenvalue weighted by Crippen LogP contribution is -2.02. The highest BCUT2D eigenvalue weighted by Crippen LogP contribution is 2.25. The molecule has 2 aromatic heterocycles. The molecule has 2 aromatic rings. The van der Waals surface area contributed by atoms with Crippen molar-refractivity contribution in [1.29, 1.82) is 0 Å². The Hall–Kier alpha value is -1.29. The van der Waals surface area contributed by atoms with E-state index in [-0.39, 0.29) is 0 Å². The van der Waals surface area contributed by atoms with Crippen molar-refractivity contribution >= 4 is 15.9 Å². The number of ether oxygens (including phenoxy) is 1. The average Bonchev–Trinajstić information content (AvgIpc) is 2.59. The second-order valence-corrected chi connectivity index (χ2v) is 4.49. The smallest absolute Gasteiger partial charge is 0.151 e. The zero-order chi connectivity index (χ0) is 11.7. The molecule has 0 saturated heterocycles. The fraction of sp³-hybridized carbons (Fsp3) is 0.250. The SMILES string of the molecule is COc1cnc(-n2c(C)ccc2C)c(Br)c1. The van der Waals surface area contributed by atoms with Crippen LogP contribution in [0.4, 0.5) is 0 Å². The van der Waals surface area contributed by atoms with Gasteiger partial charge in [0.2, 0.25) is 0 Å². The summed E-state index contributed by atoms with van der Waals surface area (Å²) in [6, 6.07) is 6.07. The Morgan fingerprint density at radius 2 is 1.88 bits per heavy atom. The van der Waals surface area contributed by atoms with Crippen LogP contribution in [0.2, 0.25) is 0 Å². The van der Waals surface area contributed by atoms with Gasteiger partial charge in [0.25, 0.3) is 0 Å². The molecule has 0 aliphatic heterocycles. The summed E-state index contributed by atoms with van der Waals surface area (Å²) in [5.74, 6) is 1.64. The molecule has 16 heavy (non-hydrogen) atoms. The third-order valence-corrected chi connectivity index (χ3v) is 3.10. The highest BCUT2D eigenvalue weighted by Gasteiger charge is 2.09. The monoisotopic (exact) mass is 280 g/mol. The Morgan fingerprint density at radius 3 is 2.38 bits per heavy atom. The van der Waals surface area contributed by atoms with Crippen LogP contribution in [0.15, 0.2) is 28.9 Å². The molecule has 2 heterocycles. The molecule has 0 aliphatic rings. The molecular formula is C12H13BrN2O. The minimum atomic E-state index is 0.748. The van der Waals surface area contributed by atoms with E-state index in [1.165, 1.54) is 0 Å². The molecule has 0 bridgehead atoms. The van der Waals surface area contributed by atoms with Crippen LogP contribution >= 0.6 is 15.9 Å². The molecule has 0 N–H and O–H groups in total. The van der Waals surface area contributed by atoms with Crippen LogP contribution in [-0.2, 0) is 0 Å². The number of nitrogens with zero attached hydrogens (tertiary/aromatic N) is 2. The Labute approximate surface area is 103 Å². The molecule has 0 atom stereocenters. The van der Waals surface area contributed by atoms with Crippen molar-refractivity contribution in [2.45, 2.75) is 13.8 Å². The summed E-state index contributed by atoms with van der Waals surface area (Å²) < 4.78 is 8.15. The van der Waals surface area contributed by atoms with E-state index >= 15 is 0 Å². The zero-order valence-electron chi connectivity index (χ0n) is 9.49. The van der Waals surface area contributed by atoms with Gasteiger partial charge in [-0.15, -0.1) is 0 Å². The number of aromatic nitrogens is 2. The molecule has 4 heteroatoms. The molecule has 0 saturated carbocycles. The van der Waals surface area contributed by atoms with Crippen LogP contribution in [0.1, 0.15) is 11.4 Å².